The van der Waals surface area contributed by atoms with Gasteiger partial charge in [-0.05, 0) is 12.1 Å². The molecule has 28 heavy (non-hydrogen) atoms. The maximum Gasteiger partial charge on any atom is 0.307 e. The molecular weight excluding hydrogens is 414 g/mol. The Bertz CT molecular complexity index is 1120. The predicted octanol–water partition coefficient (Wildman–Crippen LogP) is 4.00. The summed E-state index contributed by atoms with van der Waals surface area (Å²) < 4.78 is 33.1. The van der Waals surface area contributed by atoms with Gasteiger partial charge in [-0.25, -0.2) is 13.8 Å². The van der Waals surface area contributed by atoms with E-state index < -0.39 is 36.0 Å². The number of thiazole rings is 1. The van der Waals surface area contributed by atoms with Gasteiger partial charge in [-0.15, -0.1) is 11.3 Å². The first kappa shape index (κ1) is 18.6. The number of carboxylic acid groups (broad SMARTS) is 1. The van der Waals surface area contributed by atoms with Gasteiger partial charge in [0.15, 0.2) is 17.7 Å². The Morgan fingerprint density at radius 1 is 1.36 bits per heavy atom. The lowest BCUT2D eigenvalue weighted by Gasteiger charge is -2.33. The molecule has 0 saturated heterocycles. The molecule has 0 spiro atoms. The Morgan fingerprint density at radius 3 is 2.86 bits per heavy atom. The van der Waals surface area contributed by atoms with Crippen LogP contribution in [0.5, 0.6) is 5.75 Å². The lowest BCUT2D eigenvalue weighted by atomic mass is 10.1. The van der Waals surface area contributed by atoms with E-state index in [0.717, 1.165) is 17.4 Å². The van der Waals surface area contributed by atoms with Crippen LogP contribution in [0.2, 0.25) is 5.02 Å². The highest BCUT2D eigenvalue weighted by Gasteiger charge is 2.36. The summed E-state index contributed by atoms with van der Waals surface area (Å²) in [6.45, 7) is -0.0196. The van der Waals surface area contributed by atoms with Gasteiger partial charge in [-0.2, -0.15) is 0 Å². The van der Waals surface area contributed by atoms with Crippen LogP contribution in [-0.2, 0) is 16.1 Å². The Morgan fingerprint density at radius 2 is 2.11 bits per heavy atom. The first-order valence-electron chi connectivity index (χ1n) is 8.07. The minimum Gasteiger partial charge on any atom is -0.481 e. The number of ether oxygens (including phenoxy) is 1. The minimum atomic E-state index is -1.18. The van der Waals surface area contributed by atoms with E-state index in [2.05, 4.69) is 4.98 Å². The normalized spacial score (nSPS) is 16.2. The van der Waals surface area contributed by atoms with Crippen molar-refractivity contribution in [1.82, 2.24) is 4.98 Å². The molecule has 1 unspecified atom stereocenters. The number of nitrogens with zero attached hydrogens (tertiary/aromatic N) is 2. The molecule has 10 heteroatoms. The number of carboxylic acids is 1. The van der Waals surface area contributed by atoms with Crippen LogP contribution in [0.15, 0.2) is 30.3 Å². The molecule has 1 atom stereocenters. The average Bonchev–Trinajstić information content (AvgIpc) is 3.05. The summed E-state index contributed by atoms with van der Waals surface area (Å²) in [6.07, 6.45) is -1.67. The van der Waals surface area contributed by atoms with Crippen LogP contribution in [-0.4, -0.2) is 28.1 Å². The summed E-state index contributed by atoms with van der Waals surface area (Å²) in [6, 6.07) is 7.64. The number of anilines is 1. The molecule has 2 heterocycles. The van der Waals surface area contributed by atoms with Crippen molar-refractivity contribution in [2.45, 2.75) is 19.1 Å². The zero-order valence-corrected chi connectivity index (χ0v) is 15.6. The topological polar surface area (TPSA) is 79.7 Å². The van der Waals surface area contributed by atoms with E-state index in [9.17, 15) is 18.4 Å². The smallest absolute Gasteiger partial charge is 0.307 e. The van der Waals surface area contributed by atoms with E-state index in [0.29, 0.717) is 16.4 Å². The maximum absolute atomic E-state index is 13.7. The summed E-state index contributed by atoms with van der Waals surface area (Å²) in [7, 11) is 0. The third kappa shape index (κ3) is 3.16. The lowest BCUT2D eigenvalue weighted by molar-refractivity contribution is -0.142. The van der Waals surface area contributed by atoms with Crippen molar-refractivity contribution in [1.29, 1.82) is 0 Å². The molecule has 4 rings (SSSR count). The standard InChI is InChI=1S/C18H11ClF2N2O4S/c19-15-16(21)8(20)5-9-17(15)28-13(22-9)7-23-10-3-1-2-4-11(10)27-12(18(23)26)6-14(24)25/h1-5,12H,6-7H2,(H,24,25). The van der Waals surface area contributed by atoms with Gasteiger partial charge in [0.05, 0.1) is 33.9 Å². The van der Waals surface area contributed by atoms with Crippen molar-refractivity contribution < 1.29 is 28.2 Å². The van der Waals surface area contributed by atoms with Crippen LogP contribution in [0, 0.1) is 11.6 Å². The Hall–Kier alpha value is -2.78. The Labute approximate surface area is 165 Å². The Kier molecular flexibility index (Phi) is 4.64. The van der Waals surface area contributed by atoms with Gasteiger partial charge in [0, 0.05) is 6.07 Å². The molecule has 1 N–H and O–H groups in total. The predicted molar refractivity (Wildman–Crippen MR) is 98.8 cm³/mol. The minimum absolute atomic E-state index is 0.0196. The molecule has 3 aromatic rings. The van der Waals surface area contributed by atoms with Crippen LogP contribution >= 0.6 is 22.9 Å². The highest BCUT2D eigenvalue weighted by Crippen LogP contribution is 2.38. The molecule has 0 aliphatic carbocycles. The number of hydrogen-bond donors (Lipinski definition) is 1. The highest BCUT2D eigenvalue weighted by molar-refractivity contribution is 7.19. The highest BCUT2D eigenvalue weighted by atomic mass is 35.5. The molecular formula is C18H11ClF2N2O4S. The van der Waals surface area contributed by atoms with E-state index >= 15 is 0 Å². The van der Waals surface area contributed by atoms with E-state index in [1.54, 1.807) is 24.3 Å². The van der Waals surface area contributed by atoms with Gasteiger partial charge in [-0.3, -0.25) is 14.5 Å². The lowest BCUT2D eigenvalue weighted by Crippen LogP contribution is -2.46. The second-order valence-corrected chi connectivity index (χ2v) is 7.50. The zero-order valence-electron chi connectivity index (χ0n) is 14.0. The number of aromatic nitrogens is 1. The SMILES string of the molecule is O=C(O)CC1Oc2ccccc2N(Cc2nc3cc(F)c(F)c(Cl)c3s2)C1=O. The second kappa shape index (κ2) is 6.99. The number of fused-ring (bicyclic) bond motifs is 2. The van der Waals surface area contributed by atoms with Crippen LogP contribution in [0.4, 0.5) is 14.5 Å². The van der Waals surface area contributed by atoms with Gasteiger partial charge >= 0.3 is 5.97 Å². The molecule has 2 aromatic carbocycles. The first-order valence-corrected chi connectivity index (χ1v) is 9.26. The number of rotatable bonds is 4. The molecule has 0 saturated carbocycles. The van der Waals surface area contributed by atoms with Crippen molar-refractivity contribution in [2.24, 2.45) is 0 Å². The summed E-state index contributed by atoms with van der Waals surface area (Å²) in [4.78, 5) is 29.4. The van der Waals surface area contributed by atoms with E-state index in [1.807, 2.05) is 0 Å². The van der Waals surface area contributed by atoms with Crippen molar-refractivity contribution >= 4 is 50.7 Å². The monoisotopic (exact) mass is 424 g/mol. The van der Waals surface area contributed by atoms with E-state index in [4.69, 9.17) is 21.4 Å². The molecule has 1 aromatic heterocycles. The van der Waals surface area contributed by atoms with E-state index in [1.165, 1.54) is 4.90 Å². The molecule has 144 valence electrons. The second-order valence-electron chi connectivity index (χ2n) is 6.04. The molecule has 0 radical (unpaired) electrons. The zero-order chi connectivity index (χ0) is 20.0. The van der Waals surface area contributed by atoms with Gasteiger partial charge in [0.25, 0.3) is 5.91 Å². The maximum atomic E-state index is 13.7. The molecule has 0 bridgehead atoms. The van der Waals surface area contributed by atoms with Crippen LogP contribution in [0.3, 0.4) is 0 Å². The molecule has 0 fully saturated rings. The van der Waals surface area contributed by atoms with Gasteiger partial charge in [0.2, 0.25) is 0 Å². The number of hydrogen-bond acceptors (Lipinski definition) is 5. The van der Waals surface area contributed by atoms with Gasteiger partial charge in [-0.1, -0.05) is 23.7 Å². The fraction of sp³-hybridized carbons (Fsp3) is 0.167. The summed E-state index contributed by atoms with van der Waals surface area (Å²) in [5, 5.41) is 9.06. The summed E-state index contributed by atoms with van der Waals surface area (Å²) in [5.41, 5.74) is 0.636. The van der Waals surface area contributed by atoms with Crippen LogP contribution in [0.25, 0.3) is 10.2 Å². The summed E-state index contributed by atoms with van der Waals surface area (Å²) in [5.74, 6) is -3.61. The number of carbonyl (C=O) groups excluding carboxylic acids is 1. The fourth-order valence-electron chi connectivity index (χ4n) is 2.95. The average molecular weight is 425 g/mol. The number of para-hydroxylation sites is 2. The summed E-state index contributed by atoms with van der Waals surface area (Å²) >= 11 is 6.90. The van der Waals surface area contributed by atoms with Crippen LogP contribution in [0.1, 0.15) is 11.4 Å². The quantitative estimate of drug-likeness (QED) is 0.640. The van der Waals surface area contributed by atoms with Crippen molar-refractivity contribution in [3.8, 4) is 5.75 Å². The number of aliphatic carboxylic acids is 1. The van der Waals surface area contributed by atoms with Crippen molar-refractivity contribution in [2.75, 3.05) is 4.90 Å². The van der Waals surface area contributed by atoms with E-state index in [-0.39, 0.29) is 21.8 Å². The largest absolute Gasteiger partial charge is 0.481 e. The number of benzene rings is 2. The van der Waals surface area contributed by atoms with Crippen molar-refractivity contribution in [3.63, 3.8) is 0 Å². The van der Waals surface area contributed by atoms with Gasteiger partial charge in [0.1, 0.15) is 10.8 Å². The number of amides is 1. The molecule has 1 aliphatic rings. The number of halogens is 3. The van der Waals surface area contributed by atoms with Crippen molar-refractivity contribution in [3.05, 3.63) is 52.0 Å². The van der Waals surface area contributed by atoms with Gasteiger partial charge < -0.3 is 9.84 Å². The fourth-order valence-corrected chi connectivity index (χ4v) is 4.22. The third-order valence-electron chi connectivity index (χ3n) is 4.18. The third-order valence-corrected chi connectivity index (χ3v) is 5.72. The Balaban J connectivity index is 1.73. The number of carbonyl (C=O) groups is 2. The van der Waals surface area contributed by atoms with Crippen LogP contribution < -0.4 is 9.64 Å². The molecule has 6 nitrogen and oxygen atoms in total. The first-order chi connectivity index (χ1) is 13.3. The molecule has 1 aliphatic heterocycles. The molecule has 1 amide bonds.